The van der Waals surface area contributed by atoms with Gasteiger partial charge in [0.05, 0.1) is 5.69 Å². The number of aromatic nitrogens is 3. The molecule has 19 heavy (non-hydrogen) atoms. The molecule has 0 aliphatic carbocycles. The predicted octanol–water partition coefficient (Wildman–Crippen LogP) is 3.80. The summed E-state index contributed by atoms with van der Waals surface area (Å²) >= 11 is 7.27. The van der Waals surface area contributed by atoms with E-state index in [0.717, 1.165) is 22.9 Å². The van der Waals surface area contributed by atoms with Gasteiger partial charge in [-0.3, -0.25) is 5.10 Å². The molecule has 0 amide bonds. The van der Waals surface area contributed by atoms with E-state index in [1.54, 1.807) is 6.20 Å². The highest BCUT2D eigenvalue weighted by molar-refractivity contribution is 7.14. The monoisotopic (exact) mass is 290 g/mol. The van der Waals surface area contributed by atoms with Crippen molar-refractivity contribution in [2.75, 3.05) is 5.32 Å². The molecule has 2 heterocycles. The van der Waals surface area contributed by atoms with Gasteiger partial charge in [-0.1, -0.05) is 35.9 Å². The van der Waals surface area contributed by atoms with E-state index in [-0.39, 0.29) is 0 Å². The molecule has 0 saturated heterocycles. The molecule has 0 radical (unpaired) electrons. The first-order valence-corrected chi connectivity index (χ1v) is 7.00. The van der Waals surface area contributed by atoms with Gasteiger partial charge >= 0.3 is 0 Å². The van der Waals surface area contributed by atoms with Crippen molar-refractivity contribution in [1.82, 2.24) is 15.2 Å². The number of thiazole rings is 1. The Morgan fingerprint density at radius 1 is 1.21 bits per heavy atom. The van der Waals surface area contributed by atoms with Crippen LogP contribution in [0.15, 0.2) is 41.9 Å². The highest BCUT2D eigenvalue weighted by Crippen LogP contribution is 2.20. The molecule has 1 aromatic carbocycles. The number of H-pyrrole nitrogens is 1. The minimum atomic E-state index is 0.530. The van der Waals surface area contributed by atoms with Gasteiger partial charge in [-0.2, -0.15) is 5.10 Å². The molecule has 0 saturated carbocycles. The van der Waals surface area contributed by atoms with Crippen LogP contribution in [0, 0.1) is 0 Å². The van der Waals surface area contributed by atoms with Crippen LogP contribution < -0.4 is 5.32 Å². The van der Waals surface area contributed by atoms with E-state index in [1.165, 1.54) is 16.9 Å². The molecule has 4 nitrogen and oxygen atoms in total. The van der Waals surface area contributed by atoms with Crippen LogP contribution in [0.1, 0.15) is 5.56 Å². The Balaban J connectivity index is 1.66. The average molecular weight is 291 g/mol. The fraction of sp³-hybridized carbons (Fsp3) is 0.0769. The summed E-state index contributed by atoms with van der Waals surface area (Å²) in [5.41, 5.74) is 3.33. The molecular formula is C13H11ClN4S. The van der Waals surface area contributed by atoms with E-state index < -0.39 is 0 Å². The van der Waals surface area contributed by atoms with Crippen molar-refractivity contribution in [3.8, 4) is 11.3 Å². The van der Waals surface area contributed by atoms with Gasteiger partial charge in [-0.05, 0) is 17.2 Å². The lowest BCUT2D eigenvalue weighted by Gasteiger charge is -2.04. The molecule has 2 aromatic heterocycles. The third kappa shape index (κ3) is 2.94. The molecular weight excluding hydrogens is 280 g/mol. The van der Waals surface area contributed by atoms with Gasteiger partial charge in [-0.25, -0.2) is 4.98 Å². The molecule has 3 aromatic rings. The third-order valence-electron chi connectivity index (χ3n) is 2.69. The number of hydrogen-bond donors (Lipinski definition) is 2. The van der Waals surface area contributed by atoms with E-state index in [2.05, 4.69) is 44.8 Å². The molecule has 96 valence electrons. The quantitative estimate of drug-likeness (QED) is 0.768. The smallest absolute Gasteiger partial charge is 0.184 e. The molecule has 2 N–H and O–H groups in total. The van der Waals surface area contributed by atoms with Gasteiger partial charge in [0.15, 0.2) is 5.13 Å². The first-order chi connectivity index (χ1) is 9.31. The summed E-state index contributed by atoms with van der Waals surface area (Å²) in [5, 5.41) is 13.3. The van der Waals surface area contributed by atoms with E-state index in [0.29, 0.717) is 5.15 Å². The fourth-order valence-electron chi connectivity index (χ4n) is 1.73. The van der Waals surface area contributed by atoms with Crippen molar-refractivity contribution in [2.24, 2.45) is 0 Å². The molecule has 6 heteroatoms. The van der Waals surface area contributed by atoms with Crippen LogP contribution in [0.2, 0.25) is 5.15 Å². The van der Waals surface area contributed by atoms with E-state index in [4.69, 9.17) is 11.6 Å². The van der Waals surface area contributed by atoms with Crippen LogP contribution in [-0.4, -0.2) is 15.2 Å². The van der Waals surface area contributed by atoms with Gasteiger partial charge in [0.25, 0.3) is 0 Å². The Bertz CT molecular complexity index is 646. The number of rotatable bonds is 4. The number of aromatic amines is 1. The molecule has 0 aliphatic heterocycles. The molecule has 3 rings (SSSR count). The zero-order valence-corrected chi connectivity index (χ0v) is 11.5. The normalized spacial score (nSPS) is 10.6. The molecule has 0 unspecified atom stereocenters. The Labute approximate surface area is 119 Å². The summed E-state index contributed by atoms with van der Waals surface area (Å²) in [4.78, 5) is 4.14. The maximum Gasteiger partial charge on any atom is 0.184 e. The Hall–Kier alpha value is -1.85. The standard InChI is InChI=1S/C13H11ClN4S/c14-12-8-19-13(17-12)15-7-9-1-3-10(4-2-9)11-5-6-16-18-11/h1-6,8H,7H2,(H,15,17)(H,16,18). The first kappa shape index (κ1) is 12.2. The third-order valence-corrected chi connectivity index (χ3v) is 3.81. The number of nitrogens with one attached hydrogen (secondary N) is 2. The summed E-state index contributed by atoms with van der Waals surface area (Å²) in [5.74, 6) is 0. The lowest BCUT2D eigenvalue weighted by atomic mass is 10.1. The molecule has 0 atom stereocenters. The second-order valence-electron chi connectivity index (χ2n) is 4.00. The van der Waals surface area contributed by atoms with Crippen molar-refractivity contribution < 1.29 is 0 Å². The molecule has 0 fully saturated rings. The number of halogens is 1. The summed E-state index contributed by atoms with van der Waals surface area (Å²) in [6.07, 6.45) is 1.75. The van der Waals surface area contributed by atoms with Gasteiger partial charge in [0.1, 0.15) is 5.15 Å². The van der Waals surface area contributed by atoms with Crippen molar-refractivity contribution >= 4 is 28.1 Å². The topological polar surface area (TPSA) is 53.6 Å². The van der Waals surface area contributed by atoms with Crippen LogP contribution >= 0.6 is 22.9 Å². The van der Waals surface area contributed by atoms with Gasteiger partial charge in [-0.15, -0.1) is 11.3 Å². The van der Waals surface area contributed by atoms with E-state index in [1.807, 2.05) is 11.4 Å². The molecule has 0 bridgehead atoms. The van der Waals surface area contributed by atoms with Crippen LogP contribution in [0.3, 0.4) is 0 Å². The minimum absolute atomic E-state index is 0.530. The van der Waals surface area contributed by atoms with Crippen molar-refractivity contribution in [1.29, 1.82) is 0 Å². The highest BCUT2D eigenvalue weighted by atomic mass is 35.5. The zero-order valence-electron chi connectivity index (χ0n) is 9.93. The average Bonchev–Trinajstić information content (AvgIpc) is 3.08. The van der Waals surface area contributed by atoms with Crippen LogP contribution in [0.4, 0.5) is 5.13 Å². The number of nitrogens with zero attached hydrogens (tertiary/aromatic N) is 2. The van der Waals surface area contributed by atoms with Crippen LogP contribution in [-0.2, 0) is 6.54 Å². The van der Waals surface area contributed by atoms with Crippen molar-refractivity contribution in [3.63, 3.8) is 0 Å². The highest BCUT2D eigenvalue weighted by Gasteiger charge is 2.01. The lowest BCUT2D eigenvalue weighted by Crippen LogP contribution is -1.98. The van der Waals surface area contributed by atoms with Gasteiger partial charge in [0.2, 0.25) is 0 Å². The zero-order chi connectivity index (χ0) is 13.1. The summed E-state index contributed by atoms with van der Waals surface area (Å²) < 4.78 is 0. The maximum absolute atomic E-state index is 5.77. The van der Waals surface area contributed by atoms with Gasteiger partial charge in [0, 0.05) is 18.1 Å². The van der Waals surface area contributed by atoms with Crippen molar-refractivity contribution in [3.05, 3.63) is 52.6 Å². The summed E-state index contributed by atoms with van der Waals surface area (Å²) in [6.45, 7) is 0.729. The fourth-order valence-corrected chi connectivity index (χ4v) is 2.57. The second kappa shape index (κ2) is 5.42. The van der Waals surface area contributed by atoms with Crippen molar-refractivity contribution in [2.45, 2.75) is 6.54 Å². The Kier molecular flexibility index (Phi) is 3.48. The second-order valence-corrected chi connectivity index (χ2v) is 5.24. The number of anilines is 1. The molecule has 0 spiro atoms. The maximum atomic E-state index is 5.77. The summed E-state index contributed by atoms with van der Waals surface area (Å²) in [7, 11) is 0. The van der Waals surface area contributed by atoms with Crippen LogP contribution in [0.5, 0.6) is 0 Å². The van der Waals surface area contributed by atoms with E-state index >= 15 is 0 Å². The first-order valence-electron chi connectivity index (χ1n) is 5.75. The SMILES string of the molecule is Clc1csc(NCc2ccc(-c3ccn[nH]3)cc2)n1. The Morgan fingerprint density at radius 3 is 2.68 bits per heavy atom. The lowest BCUT2D eigenvalue weighted by molar-refractivity contribution is 1.09. The predicted molar refractivity (Wildman–Crippen MR) is 78.5 cm³/mol. The number of benzene rings is 1. The molecule has 0 aliphatic rings. The van der Waals surface area contributed by atoms with E-state index in [9.17, 15) is 0 Å². The Morgan fingerprint density at radius 2 is 2.05 bits per heavy atom. The minimum Gasteiger partial charge on any atom is -0.357 e. The van der Waals surface area contributed by atoms with Crippen LogP contribution in [0.25, 0.3) is 11.3 Å². The largest absolute Gasteiger partial charge is 0.357 e. The summed E-state index contributed by atoms with van der Waals surface area (Å²) in [6, 6.07) is 10.3. The number of hydrogen-bond acceptors (Lipinski definition) is 4. The van der Waals surface area contributed by atoms with Gasteiger partial charge < -0.3 is 5.32 Å².